The Hall–Kier alpha value is 0.0569. The summed E-state index contributed by atoms with van der Waals surface area (Å²) < 4.78 is 22.9. The highest BCUT2D eigenvalue weighted by Crippen LogP contribution is 2.33. The lowest BCUT2D eigenvalue weighted by Crippen LogP contribution is -2.55. The number of hydrogen-bond donors (Lipinski definition) is 0. The van der Waals surface area contributed by atoms with Crippen molar-refractivity contribution in [2.45, 2.75) is 45.4 Å². The highest BCUT2D eigenvalue weighted by molar-refractivity contribution is 6.68. The molecule has 1 rings (SSSR count). The maximum atomic E-state index is 6.16. The molecule has 1 atom stereocenters. The predicted octanol–water partition coefficient (Wildman–Crippen LogP) is 2.50. The molecule has 0 aliphatic carbocycles. The van der Waals surface area contributed by atoms with Gasteiger partial charge in [0.1, 0.15) is 5.73 Å². The molecule has 1 aliphatic rings. The van der Waals surface area contributed by atoms with Crippen LogP contribution in [0.2, 0.25) is 6.04 Å². The second-order valence-electron chi connectivity index (χ2n) is 5.13. The predicted molar refractivity (Wildman–Crippen MR) is 73.8 cm³/mol. The van der Waals surface area contributed by atoms with E-state index in [-0.39, 0.29) is 11.1 Å². The first-order valence-electron chi connectivity index (χ1n) is 6.91. The van der Waals surface area contributed by atoms with E-state index in [2.05, 4.69) is 20.8 Å². The Labute approximate surface area is 112 Å². The largest absolute Gasteiger partial charge is 0.396 e. The average molecular weight is 276 g/mol. The van der Waals surface area contributed by atoms with Crippen molar-refractivity contribution in [2.24, 2.45) is 5.41 Å². The minimum Gasteiger partial charge on any atom is -0.396 e. The van der Waals surface area contributed by atoms with Gasteiger partial charge in [-0.2, -0.15) is 0 Å². The maximum absolute atomic E-state index is 6.16. The van der Waals surface area contributed by atoms with Crippen molar-refractivity contribution in [3.8, 4) is 0 Å². The number of rotatable bonds is 9. The van der Waals surface area contributed by atoms with E-state index in [1.54, 1.807) is 14.2 Å². The summed E-state index contributed by atoms with van der Waals surface area (Å²) in [6, 6.07) is 0.911. The molecule has 0 radical (unpaired) electrons. The zero-order valence-electron chi connectivity index (χ0n) is 12.5. The Morgan fingerprint density at radius 1 is 1.17 bits per heavy atom. The molecule has 1 fully saturated rings. The summed E-state index contributed by atoms with van der Waals surface area (Å²) in [5.74, 6) is 0. The van der Waals surface area contributed by atoms with E-state index in [1.807, 2.05) is 0 Å². The second kappa shape index (κ2) is 7.00. The van der Waals surface area contributed by atoms with Crippen LogP contribution in [0.3, 0.4) is 0 Å². The first-order chi connectivity index (χ1) is 8.62. The van der Waals surface area contributed by atoms with Gasteiger partial charge in [-0.15, -0.1) is 0 Å². The van der Waals surface area contributed by atoms with Crippen LogP contribution >= 0.6 is 0 Å². The molecular formula is C13H28O4Si. The van der Waals surface area contributed by atoms with Crippen molar-refractivity contribution in [1.82, 2.24) is 0 Å². The Bertz CT molecular complexity index is 225. The Morgan fingerprint density at radius 2 is 1.78 bits per heavy atom. The molecule has 1 saturated heterocycles. The van der Waals surface area contributed by atoms with Crippen molar-refractivity contribution < 1.29 is 18.3 Å². The van der Waals surface area contributed by atoms with Crippen molar-refractivity contribution in [2.75, 3.05) is 34.0 Å². The fraction of sp³-hybridized carbons (Fsp3) is 1.00. The molecule has 108 valence electrons. The van der Waals surface area contributed by atoms with Gasteiger partial charge < -0.3 is 18.3 Å². The molecule has 0 amide bonds. The van der Waals surface area contributed by atoms with Crippen LogP contribution in [0.15, 0.2) is 0 Å². The van der Waals surface area contributed by atoms with E-state index in [0.717, 1.165) is 38.7 Å². The van der Waals surface area contributed by atoms with Crippen LogP contribution in [0, 0.1) is 5.41 Å². The van der Waals surface area contributed by atoms with Crippen LogP contribution in [0.5, 0.6) is 0 Å². The first kappa shape index (κ1) is 16.1. The second-order valence-corrected chi connectivity index (χ2v) is 8.92. The van der Waals surface area contributed by atoms with Gasteiger partial charge in [0.15, 0.2) is 0 Å². The molecule has 0 spiro atoms. The molecule has 0 aromatic carbocycles. The average Bonchev–Trinajstić information content (AvgIpc) is 2.37. The van der Waals surface area contributed by atoms with E-state index < -0.39 is 8.56 Å². The number of ether oxygens (including phenoxy) is 2. The van der Waals surface area contributed by atoms with E-state index in [9.17, 15) is 0 Å². The van der Waals surface area contributed by atoms with Crippen LogP contribution < -0.4 is 0 Å². The van der Waals surface area contributed by atoms with Gasteiger partial charge in [0, 0.05) is 19.6 Å². The Kier molecular flexibility index (Phi) is 6.27. The van der Waals surface area contributed by atoms with Gasteiger partial charge in [-0.3, -0.25) is 0 Å². The Morgan fingerprint density at radius 3 is 2.06 bits per heavy atom. The lowest BCUT2D eigenvalue weighted by Gasteiger charge is -2.43. The van der Waals surface area contributed by atoms with Crippen LogP contribution in [-0.4, -0.2) is 48.3 Å². The summed E-state index contributed by atoms with van der Waals surface area (Å²) in [5.41, 5.74) is 0.324. The summed E-state index contributed by atoms with van der Waals surface area (Å²) >= 11 is 0. The fourth-order valence-corrected chi connectivity index (χ4v) is 5.16. The standard InChI is InChI=1S/C13H28O4Si/c1-6-12(18(8-3,14-4)15-5)17-11-13(7-2)9-16-10-13/h12H,6-11H2,1-5H3. The molecule has 0 saturated carbocycles. The highest BCUT2D eigenvalue weighted by Gasteiger charge is 2.45. The van der Waals surface area contributed by atoms with Crippen molar-refractivity contribution in [1.29, 1.82) is 0 Å². The molecule has 4 nitrogen and oxygen atoms in total. The molecule has 0 bridgehead atoms. The van der Waals surface area contributed by atoms with E-state index in [1.165, 1.54) is 0 Å². The molecule has 18 heavy (non-hydrogen) atoms. The van der Waals surface area contributed by atoms with Crippen LogP contribution in [-0.2, 0) is 18.3 Å². The minimum atomic E-state index is -2.21. The van der Waals surface area contributed by atoms with Crippen molar-refractivity contribution in [3.63, 3.8) is 0 Å². The van der Waals surface area contributed by atoms with E-state index >= 15 is 0 Å². The topological polar surface area (TPSA) is 36.9 Å². The molecule has 0 N–H and O–H groups in total. The van der Waals surface area contributed by atoms with Gasteiger partial charge >= 0.3 is 8.56 Å². The quantitative estimate of drug-likeness (QED) is 0.606. The van der Waals surface area contributed by atoms with Crippen molar-refractivity contribution in [3.05, 3.63) is 0 Å². The number of hydrogen-bond acceptors (Lipinski definition) is 4. The van der Waals surface area contributed by atoms with Gasteiger partial charge in [-0.1, -0.05) is 20.8 Å². The fourth-order valence-electron chi connectivity index (χ4n) is 2.48. The SMILES string of the molecule is CCC(OCC1(CC)COC1)[Si](CC)(OC)OC. The van der Waals surface area contributed by atoms with Crippen LogP contribution in [0.4, 0.5) is 0 Å². The molecule has 1 aliphatic heterocycles. The minimum absolute atomic E-state index is 0.0986. The molecular weight excluding hydrogens is 248 g/mol. The molecule has 0 aromatic heterocycles. The van der Waals surface area contributed by atoms with Gasteiger partial charge in [0.25, 0.3) is 0 Å². The normalized spacial score (nSPS) is 20.5. The monoisotopic (exact) mass is 276 g/mol. The van der Waals surface area contributed by atoms with Crippen LogP contribution in [0.25, 0.3) is 0 Å². The van der Waals surface area contributed by atoms with Gasteiger partial charge in [-0.25, -0.2) is 0 Å². The van der Waals surface area contributed by atoms with E-state index in [4.69, 9.17) is 18.3 Å². The third-order valence-electron chi connectivity index (χ3n) is 4.20. The van der Waals surface area contributed by atoms with Gasteiger partial charge in [-0.05, 0) is 18.9 Å². The van der Waals surface area contributed by atoms with Gasteiger partial charge in [0.2, 0.25) is 0 Å². The lowest BCUT2D eigenvalue weighted by atomic mass is 9.84. The maximum Gasteiger partial charge on any atom is 0.367 e. The first-order valence-corrected chi connectivity index (χ1v) is 9.01. The summed E-state index contributed by atoms with van der Waals surface area (Å²) in [6.07, 6.45) is 2.03. The van der Waals surface area contributed by atoms with Gasteiger partial charge in [0.05, 0.1) is 19.8 Å². The summed E-state index contributed by atoms with van der Waals surface area (Å²) in [4.78, 5) is 0. The molecule has 1 unspecified atom stereocenters. The smallest absolute Gasteiger partial charge is 0.367 e. The Balaban J connectivity index is 2.60. The lowest BCUT2D eigenvalue weighted by molar-refractivity contribution is -0.157. The highest BCUT2D eigenvalue weighted by atomic mass is 28.4. The molecule has 1 heterocycles. The zero-order chi connectivity index (χ0) is 13.6. The summed E-state index contributed by atoms with van der Waals surface area (Å²) in [7, 11) is 1.28. The third kappa shape index (κ3) is 3.14. The van der Waals surface area contributed by atoms with Crippen molar-refractivity contribution >= 4 is 8.56 Å². The summed E-state index contributed by atoms with van der Waals surface area (Å²) in [5, 5.41) is 0. The zero-order valence-corrected chi connectivity index (χ0v) is 13.5. The summed E-state index contributed by atoms with van der Waals surface area (Å²) in [6.45, 7) is 8.85. The molecule has 0 aromatic rings. The van der Waals surface area contributed by atoms with E-state index in [0.29, 0.717) is 0 Å². The molecule has 5 heteroatoms. The third-order valence-corrected chi connectivity index (χ3v) is 8.13. The van der Waals surface area contributed by atoms with Crippen LogP contribution in [0.1, 0.15) is 33.6 Å².